The van der Waals surface area contributed by atoms with E-state index >= 15 is 0 Å². The molecule has 30 heavy (non-hydrogen) atoms. The Morgan fingerprint density at radius 1 is 1.13 bits per heavy atom. The quantitative estimate of drug-likeness (QED) is 0.537. The molecule has 2 heterocycles. The second-order valence-corrected chi connectivity index (χ2v) is 9.62. The number of esters is 1. The summed E-state index contributed by atoms with van der Waals surface area (Å²) in [5.74, 6) is 2.12. The molecule has 156 valence electrons. The smallest absolute Gasteiger partial charge is 0.309 e. The van der Waals surface area contributed by atoms with Crippen molar-refractivity contribution >= 4 is 23.6 Å². The zero-order valence-electron chi connectivity index (χ0n) is 17.3. The lowest BCUT2D eigenvalue weighted by atomic mass is 9.57. The molecule has 3 fully saturated rings. The van der Waals surface area contributed by atoms with Crippen molar-refractivity contribution in [1.82, 2.24) is 4.98 Å². The fourth-order valence-electron chi connectivity index (χ4n) is 6.14. The standard InChI is InChI=1S/C26H28ClNO2/c1-16-25-23(22-8-3-2-5-18(22)14-24(25)26(29)30-16)12-11-21-10-9-19(15-28-21)17-6-4-7-20(27)13-17/h4,6-7,9-13,15-16,18,22-25H,2-3,5,8,14H2,1H3/t16-,18+,22-,23+,24-,25+/m1/s1. The zero-order valence-corrected chi connectivity index (χ0v) is 18.1. The molecule has 0 spiro atoms. The Morgan fingerprint density at radius 2 is 2.00 bits per heavy atom. The minimum Gasteiger partial charge on any atom is -0.462 e. The molecule has 4 heteroatoms. The van der Waals surface area contributed by atoms with Gasteiger partial charge in [0.1, 0.15) is 6.10 Å². The topological polar surface area (TPSA) is 39.2 Å². The van der Waals surface area contributed by atoms with Gasteiger partial charge >= 0.3 is 5.97 Å². The first-order valence-corrected chi connectivity index (χ1v) is 11.6. The van der Waals surface area contributed by atoms with Crippen molar-refractivity contribution in [3.63, 3.8) is 0 Å². The highest BCUT2D eigenvalue weighted by atomic mass is 35.5. The number of nitrogens with zero attached hydrogens (tertiary/aromatic N) is 1. The van der Waals surface area contributed by atoms with E-state index in [2.05, 4.69) is 36.2 Å². The summed E-state index contributed by atoms with van der Waals surface area (Å²) in [6.07, 6.45) is 12.6. The third kappa shape index (κ3) is 3.69. The van der Waals surface area contributed by atoms with E-state index in [9.17, 15) is 4.79 Å². The van der Waals surface area contributed by atoms with Gasteiger partial charge in [-0.1, -0.05) is 55.1 Å². The molecular formula is C26H28ClNO2. The van der Waals surface area contributed by atoms with Gasteiger partial charge in [-0.15, -0.1) is 0 Å². The molecule has 3 aliphatic rings. The van der Waals surface area contributed by atoms with E-state index in [1.807, 2.05) is 30.5 Å². The van der Waals surface area contributed by atoms with Gasteiger partial charge in [0.2, 0.25) is 0 Å². The number of carbonyl (C=O) groups excluding carboxylic acids is 1. The Morgan fingerprint density at radius 3 is 2.80 bits per heavy atom. The SMILES string of the molecule is C[C@H]1OC(=O)[C@@H]2C[C@@H]3CCCC[C@H]3[C@H](C=Cc3ccc(-c4cccc(Cl)c4)cn3)[C@H]12. The van der Waals surface area contributed by atoms with E-state index < -0.39 is 0 Å². The molecule has 0 bridgehead atoms. The Bertz CT molecular complexity index is 954. The van der Waals surface area contributed by atoms with Crippen LogP contribution in [0.25, 0.3) is 17.2 Å². The highest BCUT2D eigenvalue weighted by molar-refractivity contribution is 6.30. The van der Waals surface area contributed by atoms with E-state index in [-0.39, 0.29) is 18.0 Å². The Hall–Kier alpha value is -2.13. The van der Waals surface area contributed by atoms with Gasteiger partial charge < -0.3 is 4.74 Å². The van der Waals surface area contributed by atoms with Gasteiger partial charge in [-0.3, -0.25) is 9.78 Å². The molecule has 2 saturated carbocycles. The van der Waals surface area contributed by atoms with Crippen LogP contribution in [0.15, 0.2) is 48.7 Å². The number of hydrogen-bond donors (Lipinski definition) is 0. The second kappa shape index (κ2) is 8.19. The van der Waals surface area contributed by atoms with E-state index in [1.165, 1.54) is 25.7 Å². The van der Waals surface area contributed by atoms with Crippen LogP contribution in [-0.4, -0.2) is 17.1 Å². The first-order valence-electron chi connectivity index (χ1n) is 11.2. The third-order valence-corrected chi connectivity index (χ3v) is 7.74. The number of pyridine rings is 1. The summed E-state index contributed by atoms with van der Waals surface area (Å²) in [5.41, 5.74) is 3.08. The molecule has 2 aromatic rings. The molecule has 1 aliphatic heterocycles. The number of ether oxygens (including phenoxy) is 1. The first kappa shape index (κ1) is 19.8. The van der Waals surface area contributed by atoms with Crippen molar-refractivity contribution in [3.8, 4) is 11.1 Å². The van der Waals surface area contributed by atoms with Gasteiger partial charge in [-0.05, 0) is 67.4 Å². The summed E-state index contributed by atoms with van der Waals surface area (Å²) in [7, 11) is 0. The summed E-state index contributed by atoms with van der Waals surface area (Å²) in [4.78, 5) is 17.1. The first-order chi connectivity index (χ1) is 14.6. The van der Waals surface area contributed by atoms with Crippen LogP contribution in [0.1, 0.15) is 44.7 Å². The molecule has 5 rings (SSSR count). The molecule has 1 saturated heterocycles. The lowest BCUT2D eigenvalue weighted by Gasteiger charge is -2.45. The third-order valence-electron chi connectivity index (χ3n) is 7.51. The molecule has 1 aromatic carbocycles. The molecule has 3 nitrogen and oxygen atoms in total. The Balaban J connectivity index is 1.39. The average Bonchev–Trinajstić information content (AvgIpc) is 3.05. The predicted molar refractivity (Wildman–Crippen MR) is 120 cm³/mol. The number of allylic oxidation sites excluding steroid dienone is 1. The van der Waals surface area contributed by atoms with E-state index in [1.54, 1.807) is 0 Å². The molecule has 2 aliphatic carbocycles. The normalized spacial score (nSPS) is 33.2. The lowest BCUT2D eigenvalue weighted by molar-refractivity contribution is -0.144. The van der Waals surface area contributed by atoms with Crippen LogP contribution in [0.3, 0.4) is 0 Å². The summed E-state index contributed by atoms with van der Waals surface area (Å²) >= 11 is 6.12. The van der Waals surface area contributed by atoms with Crippen LogP contribution in [0, 0.1) is 29.6 Å². The molecule has 0 amide bonds. The summed E-state index contributed by atoms with van der Waals surface area (Å²) in [6.45, 7) is 2.07. The van der Waals surface area contributed by atoms with Crippen LogP contribution >= 0.6 is 11.6 Å². The largest absolute Gasteiger partial charge is 0.462 e. The Labute approximate surface area is 183 Å². The monoisotopic (exact) mass is 421 g/mol. The van der Waals surface area contributed by atoms with E-state index in [4.69, 9.17) is 16.3 Å². The lowest BCUT2D eigenvalue weighted by Crippen LogP contribution is -2.42. The number of benzene rings is 1. The molecule has 0 radical (unpaired) electrons. The highest BCUT2D eigenvalue weighted by Crippen LogP contribution is 2.53. The van der Waals surface area contributed by atoms with Crippen LogP contribution in [-0.2, 0) is 9.53 Å². The van der Waals surface area contributed by atoms with Gasteiger partial charge in [0.25, 0.3) is 0 Å². The molecular weight excluding hydrogens is 394 g/mol. The molecule has 6 atom stereocenters. The average molecular weight is 422 g/mol. The maximum atomic E-state index is 12.4. The van der Waals surface area contributed by atoms with Crippen molar-refractivity contribution in [3.05, 3.63) is 59.4 Å². The number of rotatable bonds is 3. The second-order valence-electron chi connectivity index (χ2n) is 9.19. The fourth-order valence-corrected chi connectivity index (χ4v) is 6.33. The van der Waals surface area contributed by atoms with Crippen LogP contribution in [0.2, 0.25) is 5.02 Å². The van der Waals surface area contributed by atoms with E-state index in [0.717, 1.165) is 28.3 Å². The minimum absolute atomic E-state index is 0.0122. The number of hydrogen-bond acceptors (Lipinski definition) is 3. The highest BCUT2D eigenvalue weighted by Gasteiger charge is 2.53. The maximum Gasteiger partial charge on any atom is 0.309 e. The number of cyclic esters (lactones) is 1. The van der Waals surface area contributed by atoms with Crippen LogP contribution < -0.4 is 0 Å². The summed E-state index contributed by atoms with van der Waals surface area (Å²) in [6, 6.07) is 12.0. The van der Waals surface area contributed by atoms with Gasteiger partial charge in [-0.25, -0.2) is 0 Å². The van der Waals surface area contributed by atoms with Crippen LogP contribution in [0.5, 0.6) is 0 Å². The van der Waals surface area contributed by atoms with Gasteiger partial charge in [0.15, 0.2) is 0 Å². The van der Waals surface area contributed by atoms with Crippen LogP contribution in [0.4, 0.5) is 0 Å². The minimum atomic E-state index is 0.0122. The summed E-state index contributed by atoms with van der Waals surface area (Å²) in [5, 5.41) is 0.729. The number of aromatic nitrogens is 1. The summed E-state index contributed by atoms with van der Waals surface area (Å²) < 4.78 is 5.67. The van der Waals surface area contributed by atoms with Crippen molar-refractivity contribution in [1.29, 1.82) is 0 Å². The van der Waals surface area contributed by atoms with Gasteiger partial charge in [0, 0.05) is 22.7 Å². The number of halogens is 1. The molecule has 1 aromatic heterocycles. The number of fused-ring (bicyclic) bond motifs is 2. The molecule has 0 N–H and O–H groups in total. The maximum absolute atomic E-state index is 12.4. The fraction of sp³-hybridized carbons (Fsp3) is 0.462. The Kier molecular flexibility index (Phi) is 5.41. The van der Waals surface area contributed by atoms with E-state index in [0.29, 0.717) is 23.7 Å². The van der Waals surface area contributed by atoms with Crippen molar-refractivity contribution in [2.24, 2.45) is 29.6 Å². The molecule has 0 unspecified atom stereocenters. The van der Waals surface area contributed by atoms with Crippen molar-refractivity contribution in [2.45, 2.75) is 45.1 Å². The van der Waals surface area contributed by atoms with Gasteiger partial charge in [-0.2, -0.15) is 0 Å². The zero-order chi connectivity index (χ0) is 20.7. The van der Waals surface area contributed by atoms with Crippen molar-refractivity contribution < 1.29 is 9.53 Å². The van der Waals surface area contributed by atoms with Crippen molar-refractivity contribution in [2.75, 3.05) is 0 Å². The number of carbonyl (C=O) groups is 1. The predicted octanol–water partition coefficient (Wildman–Crippen LogP) is 6.42. The van der Waals surface area contributed by atoms with Gasteiger partial charge in [0.05, 0.1) is 11.6 Å².